The van der Waals surface area contributed by atoms with Gasteiger partial charge in [0.25, 0.3) is 0 Å². The van der Waals surface area contributed by atoms with E-state index in [2.05, 4.69) is 33.8 Å². The molecule has 0 saturated carbocycles. The Labute approximate surface area is 231 Å². The molecule has 2 aromatic heterocycles. The van der Waals surface area contributed by atoms with Crippen LogP contribution < -0.4 is 4.90 Å². The first-order valence-corrected chi connectivity index (χ1v) is 13.7. The first-order chi connectivity index (χ1) is 18.4. The molecule has 4 heterocycles. The fraction of sp³-hybridized carbons (Fsp3) is 0.393. The number of amides is 1. The summed E-state index contributed by atoms with van der Waals surface area (Å²) in [5.41, 5.74) is 4.15. The zero-order valence-electron chi connectivity index (χ0n) is 21.4. The summed E-state index contributed by atoms with van der Waals surface area (Å²) >= 11 is 12.5. The Morgan fingerprint density at radius 2 is 1.92 bits per heavy atom. The average molecular weight is 554 g/mol. The summed E-state index contributed by atoms with van der Waals surface area (Å²) in [6.07, 6.45) is 3.22. The number of imidazole rings is 1. The molecule has 0 bridgehead atoms. The van der Waals surface area contributed by atoms with Crippen LogP contribution in [0.2, 0.25) is 10.0 Å². The lowest BCUT2D eigenvalue weighted by molar-refractivity contribution is -0.117. The van der Waals surface area contributed by atoms with Gasteiger partial charge >= 0.3 is 0 Å². The standard InChI is InChI=1S/C28H29Cl2N5O3/c1-17(33-9-11-37-12-10-33)15-34-16-24(19-3-7-26-21(13-19)18(2)32-38-26)31-28(34)25-6-8-27(36)35(25)20-4-5-22(29)23(30)14-20/h3-5,7,13-14,16-17,25H,6,8-12,15H2,1-2H3/t17-,25-/m0/s1. The van der Waals surface area contributed by atoms with E-state index < -0.39 is 0 Å². The molecular formula is C28H29Cl2N5O3. The Balaban J connectivity index is 1.41. The van der Waals surface area contributed by atoms with Gasteiger partial charge in [-0.3, -0.25) is 9.69 Å². The van der Waals surface area contributed by atoms with Gasteiger partial charge in [0.05, 0.1) is 40.7 Å². The van der Waals surface area contributed by atoms with Gasteiger partial charge in [0.2, 0.25) is 5.91 Å². The molecule has 6 rings (SSSR count). The number of hydrogen-bond donors (Lipinski definition) is 0. The smallest absolute Gasteiger partial charge is 0.227 e. The molecule has 2 aliphatic heterocycles. The summed E-state index contributed by atoms with van der Waals surface area (Å²) in [6, 6.07) is 11.4. The van der Waals surface area contributed by atoms with E-state index >= 15 is 0 Å². The molecule has 38 heavy (non-hydrogen) atoms. The largest absolute Gasteiger partial charge is 0.379 e. The number of anilines is 1. The van der Waals surface area contributed by atoms with Gasteiger partial charge in [-0.25, -0.2) is 4.98 Å². The van der Waals surface area contributed by atoms with E-state index in [9.17, 15) is 4.79 Å². The highest BCUT2D eigenvalue weighted by molar-refractivity contribution is 6.42. The van der Waals surface area contributed by atoms with Crippen LogP contribution in [0.3, 0.4) is 0 Å². The lowest BCUT2D eigenvalue weighted by Gasteiger charge is -2.33. The molecule has 2 saturated heterocycles. The van der Waals surface area contributed by atoms with Crippen molar-refractivity contribution in [3.05, 3.63) is 64.2 Å². The highest BCUT2D eigenvalue weighted by atomic mass is 35.5. The Morgan fingerprint density at radius 1 is 1.11 bits per heavy atom. The van der Waals surface area contributed by atoms with Crippen molar-refractivity contribution in [1.29, 1.82) is 0 Å². The Bertz CT molecular complexity index is 1490. The van der Waals surface area contributed by atoms with Crippen LogP contribution in [0.15, 0.2) is 47.1 Å². The lowest BCUT2D eigenvalue weighted by atomic mass is 10.1. The minimum Gasteiger partial charge on any atom is -0.379 e. The molecule has 0 spiro atoms. The van der Waals surface area contributed by atoms with E-state index in [4.69, 9.17) is 37.4 Å². The molecule has 1 amide bonds. The number of fused-ring (bicyclic) bond motifs is 1. The molecule has 4 aromatic rings. The SMILES string of the molecule is Cc1noc2ccc(-c3cn(C[C@H](C)N4CCOCC4)c([C@@H]4CCC(=O)N4c4ccc(Cl)c(Cl)c4)n3)cc12. The zero-order chi connectivity index (χ0) is 26.4. The van der Waals surface area contributed by atoms with Crippen molar-refractivity contribution >= 4 is 45.8 Å². The molecule has 2 aromatic carbocycles. The van der Waals surface area contributed by atoms with Crippen molar-refractivity contribution in [1.82, 2.24) is 19.6 Å². The number of rotatable bonds is 6. The van der Waals surface area contributed by atoms with Gasteiger partial charge in [0.1, 0.15) is 5.82 Å². The van der Waals surface area contributed by atoms with Crippen molar-refractivity contribution in [2.45, 2.75) is 45.3 Å². The monoisotopic (exact) mass is 553 g/mol. The molecule has 0 N–H and O–H groups in total. The third-order valence-corrected chi connectivity index (χ3v) is 8.31. The third-order valence-electron chi connectivity index (χ3n) is 7.57. The van der Waals surface area contributed by atoms with Gasteiger partial charge in [-0.05, 0) is 56.7 Å². The van der Waals surface area contributed by atoms with E-state index in [0.29, 0.717) is 22.9 Å². The molecule has 0 unspecified atom stereocenters. The minimum absolute atomic E-state index is 0.0484. The summed E-state index contributed by atoms with van der Waals surface area (Å²) < 4.78 is 13.2. The summed E-state index contributed by atoms with van der Waals surface area (Å²) in [6.45, 7) is 8.20. The number of halogens is 2. The fourth-order valence-corrected chi connectivity index (χ4v) is 5.80. The third kappa shape index (κ3) is 4.71. The second-order valence-corrected chi connectivity index (χ2v) is 10.8. The van der Waals surface area contributed by atoms with E-state index in [1.807, 2.05) is 30.0 Å². The Kier molecular flexibility index (Phi) is 6.90. The quantitative estimate of drug-likeness (QED) is 0.296. The van der Waals surface area contributed by atoms with Crippen LogP contribution in [-0.4, -0.2) is 57.9 Å². The van der Waals surface area contributed by atoms with Crippen LogP contribution in [0.25, 0.3) is 22.2 Å². The van der Waals surface area contributed by atoms with E-state index in [1.165, 1.54) is 0 Å². The van der Waals surface area contributed by atoms with E-state index in [-0.39, 0.29) is 18.0 Å². The van der Waals surface area contributed by atoms with Crippen molar-refractivity contribution in [3.63, 3.8) is 0 Å². The van der Waals surface area contributed by atoms with Gasteiger partial charge in [0, 0.05) is 54.9 Å². The maximum Gasteiger partial charge on any atom is 0.227 e. The van der Waals surface area contributed by atoms with Crippen LogP contribution in [0.5, 0.6) is 0 Å². The first-order valence-electron chi connectivity index (χ1n) is 12.9. The maximum absolute atomic E-state index is 13.1. The van der Waals surface area contributed by atoms with Gasteiger partial charge in [-0.15, -0.1) is 0 Å². The van der Waals surface area contributed by atoms with Crippen molar-refractivity contribution in [2.75, 3.05) is 31.2 Å². The van der Waals surface area contributed by atoms with E-state index in [1.54, 1.807) is 12.1 Å². The minimum atomic E-state index is -0.216. The topological polar surface area (TPSA) is 76.6 Å². The van der Waals surface area contributed by atoms with Crippen LogP contribution in [0.4, 0.5) is 5.69 Å². The van der Waals surface area contributed by atoms with Crippen LogP contribution in [0.1, 0.15) is 37.3 Å². The second-order valence-electron chi connectivity index (χ2n) is 10.0. The van der Waals surface area contributed by atoms with Gasteiger partial charge < -0.3 is 18.7 Å². The zero-order valence-corrected chi connectivity index (χ0v) is 22.9. The molecule has 0 radical (unpaired) electrons. The molecule has 2 fully saturated rings. The molecule has 10 heteroatoms. The summed E-state index contributed by atoms with van der Waals surface area (Å²) in [5, 5.41) is 5.94. The van der Waals surface area contributed by atoms with Crippen LogP contribution in [0, 0.1) is 6.92 Å². The maximum atomic E-state index is 13.1. The Morgan fingerprint density at radius 3 is 2.71 bits per heavy atom. The van der Waals surface area contributed by atoms with Gasteiger partial charge in [-0.2, -0.15) is 0 Å². The Hall–Kier alpha value is -2.91. The number of hydrogen-bond acceptors (Lipinski definition) is 6. The van der Waals surface area contributed by atoms with Gasteiger partial charge in [0.15, 0.2) is 5.58 Å². The summed E-state index contributed by atoms with van der Waals surface area (Å²) in [5.74, 6) is 0.909. The molecule has 8 nitrogen and oxygen atoms in total. The highest BCUT2D eigenvalue weighted by Crippen LogP contribution is 2.40. The molecule has 0 aliphatic carbocycles. The summed E-state index contributed by atoms with van der Waals surface area (Å²) in [4.78, 5) is 22.5. The fourth-order valence-electron chi connectivity index (χ4n) is 5.51. The number of carbonyl (C=O) groups is 1. The number of carbonyl (C=O) groups excluding carboxylic acids is 1. The van der Waals surface area contributed by atoms with Crippen molar-refractivity contribution in [3.8, 4) is 11.3 Å². The predicted octanol–water partition coefficient (Wildman–Crippen LogP) is 5.90. The number of ether oxygens (including phenoxy) is 1. The molecule has 2 aliphatic rings. The van der Waals surface area contributed by atoms with Gasteiger partial charge in [-0.1, -0.05) is 28.4 Å². The number of morpholine rings is 1. The second kappa shape index (κ2) is 10.3. The van der Waals surface area contributed by atoms with Crippen molar-refractivity contribution in [2.24, 2.45) is 0 Å². The first kappa shape index (κ1) is 25.4. The van der Waals surface area contributed by atoms with Crippen molar-refractivity contribution < 1.29 is 14.1 Å². The van der Waals surface area contributed by atoms with Crippen LogP contribution >= 0.6 is 23.2 Å². The number of aryl methyl sites for hydroxylation is 1. The normalized spacial score (nSPS) is 19.5. The molecule has 198 valence electrons. The number of nitrogens with zero attached hydrogens (tertiary/aromatic N) is 5. The molecular weight excluding hydrogens is 525 g/mol. The number of benzene rings is 2. The number of aromatic nitrogens is 3. The lowest BCUT2D eigenvalue weighted by Crippen LogP contribution is -2.44. The predicted molar refractivity (Wildman–Crippen MR) is 148 cm³/mol. The molecule has 2 atom stereocenters. The average Bonchev–Trinajstić information content (AvgIpc) is 3.63. The van der Waals surface area contributed by atoms with E-state index in [0.717, 1.165) is 72.3 Å². The van der Waals surface area contributed by atoms with Crippen LogP contribution in [-0.2, 0) is 16.1 Å². The highest BCUT2D eigenvalue weighted by Gasteiger charge is 2.37. The summed E-state index contributed by atoms with van der Waals surface area (Å²) in [7, 11) is 0.